The number of carbonyl (C=O) groups is 1. The van der Waals surface area contributed by atoms with Crippen molar-refractivity contribution in [1.29, 1.82) is 0 Å². The number of carbonyl (C=O) groups excluding carboxylic acids is 1. The number of thioether (sulfide) groups is 1. The fraction of sp³-hybridized carbons (Fsp3) is 0.0526. The highest BCUT2D eigenvalue weighted by Crippen LogP contribution is 2.41. The van der Waals surface area contributed by atoms with Crippen molar-refractivity contribution in [2.45, 2.75) is 0 Å². The van der Waals surface area contributed by atoms with Crippen LogP contribution in [0.5, 0.6) is 5.75 Å². The molecule has 1 aliphatic rings. The summed E-state index contributed by atoms with van der Waals surface area (Å²) in [5.41, 5.74) is -0.167. The molecule has 2 aromatic rings. The molecule has 0 saturated carbocycles. The molecule has 0 radical (unpaired) electrons. The second-order valence-electron chi connectivity index (χ2n) is 5.70. The van der Waals surface area contributed by atoms with Gasteiger partial charge in [0.2, 0.25) is 0 Å². The Balaban J connectivity index is 2.09. The Morgan fingerprint density at radius 3 is 2.69 bits per heavy atom. The first-order valence-electron chi connectivity index (χ1n) is 8.04. The Bertz CT molecular complexity index is 1110. The number of esters is 1. The smallest absolute Gasteiger partial charge is 0.344 e. The molecule has 8 nitrogen and oxygen atoms in total. The van der Waals surface area contributed by atoms with Crippen molar-refractivity contribution in [3.63, 3.8) is 0 Å². The normalized spacial score (nSPS) is 16.5. The largest absolute Gasteiger partial charge is 0.506 e. The first kappa shape index (κ1) is 20.1. The number of phenolic OH excluding ortho intramolecular Hbond substituents is 1. The van der Waals surface area contributed by atoms with E-state index in [0.717, 1.165) is 24.9 Å². The number of aliphatic imine (C=N–C) groups is 1. The summed E-state index contributed by atoms with van der Waals surface area (Å²) in [7, 11) is 1.12. The SMILES string of the molecule is COC(=O)C1=C(O)/C(=C\c2cccc(F)c2O)SC1=Nc1cccc([N+](=O)[O-])c1. The van der Waals surface area contributed by atoms with Crippen molar-refractivity contribution >= 4 is 40.2 Å². The Hall–Kier alpha value is -3.66. The van der Waals surface area contributed by atoms with Crippen molar-refractivity contribution in [2.75, 3.05) is 7.11 Å². The van der Waals surface area contributed by atoms with Crippen LogP contribution < -0.4 is 0 Å². The molecule has 0 bridgehead atoms. The topological polar surface area (TPSA) is 122 Å². The summed E-state index contributed by atoms with van der Waals surface area (Å²) >= 11 is 0.872. The van der Waals surface area contributed by atoms with Crippen molar-refractivity contribution in [3.8, 4) is 5.75 Å². The van der Waals surface area contributed by atoms with Gasteiger partial charge in [0.05, 0.1) is 22.6 Å². The number of rotatable bonds is 4. The van der Waals surface area contributed by atoms with Gasteiger partial charge in [-0.05, 0) is 18.2 Å². The molecule has 0 aliphatic carbocycles. The van der Waals surface area contributed by atoms with Gasteiger partial charge in [0.1, 0.15) is 16.4 Å². The third-order valence-corrected chi connectivity index (χ3v) is 4.88. The van der Waals surface area contributed by atoms with Crippen LogP contribution in [-0.2, 0) is 9.53 Å². The number of ether oxygens (including phenoxy) is 1. The van der Waals surface area contributed by atoms with E-state index in [1.54, 1.807) is 0 Å². The minimum Gasteiger partial charge on any atom is -0.506 e. The van der Waals surface area contributed by atoms with E-state index in [2.05, 4.69) is 9.73 Å². The average molecular weight is 416 g/mol. The summed E-state index contributed by atoms with van der Waals surface area (Å²) in [5, 5.41) is 31.3. The lowest BCUT2D eigenvalue weighted by Gasteiger charge is -2.02. The molecule has 0 atom stereocenters. The standard InChI is InChI=1S/C19H13FN2O6S/c1-28-19(25)15-17(24)14(8-10-4-2-7-13(20)16(10)23)29-18(15)21-11-5-3-6-12(9-11)22(26)27/h2-9,23-24H,1H3/b14-8+,21-18?. The number of nitro benzene ring substituents is 1. The third kappa shape index (κ3) is 4.11. The summed E-state index contributed by atoms with van der Waals surface area (Å²) in [6.45, 7) is 0. The molecule has 10 heteroatoms. The minimum atomic E-state index is -0.869. The van der Waals surface area contributed by atoms with Gasteiger partial charge in [-0.15, -0.1) is 0 Å². The number of hydrogen-bond acceptors (Lipinski definition) is 8. The van der Waals surface area contributed by atoms with E-state index in [9.17, 15) is 29.5 Å². The van der Waals surface area contributed by atoms with Gasteiger partial charge in [0.15, 0.2) is 11.6 Å². The number of nitro groups is 1. The molecule has 148 valence electrons. The Morgan fingerprint density at radius 2 is 2.00 bits per heavy atom. The number of nitrogens with zero attached hydrogens (tertiary/aromatic N) is 2. The van der Waals surface area contributed by atoms with Gasteiger partial charge in [-0.1, -0.05) is 30.0 Å². The van der Waals surface area contributed by atoms with Gasteiger partial charge < -0.3 is 14.9 Å². The summed E-state index contributed by atoms with van der Waals surface area (Å²) in [6.07, 6.45) is 1.29. The fourth-order valence-electron chi connectivity index (χ4n) is 2.47. The minimum absolute atomic E-state index is 0.0389. The molecule has 1 aliphatic heterocycles. The predicted octanol–water partition coefficient (Wildman–Crippen LogP) is 4.24. The lowest BCUT2D eigenvalue weighted by Crippen LogP contribution is -2.10. The second kappa shape index (κ2) is 8.15. The Kier molecular flexibility index (Phi) is 5.64. The number of non-ortho nitro benzene ring substituents is 1. The number of halogens is 1. The van der Waals surface area contributed by atoms with E-state index in [1.165, 1.54) is 42.5 Å². The van der Waals surface area contributed by atoms with Crippen molar-refractivity contribution in [2.24, 2.45) is 4.99 Å². The number of para-hydroxylation sites is 1. The van der Waals surface area contributed by atoms with Crippen LogP contribution in [0, 0.1) is 15.9 Å². The molecule has 0 saturated heterocycles. The summed E-state index contributed by atoms with van der Waals surface area (Å²) in [4.78, 5) is 26.8. The summed E-state index contributed by atoms with van der Waals surface area (Å²) in [6, 6.07) is 9.29. The quantitative estimate of drug-likeness (QED) is 0.434. The van der Waals surface area contributed by atoms with Crippen LogP contribution in [-0.4, -0.2) is 33.3 Å². The Morgan fingerprint density at radius 1 is 1.28 bits per heavy atom. The summed E-state index contributed by atoms with van der Waals surface area (Å²) in [5.74, 6) is -2.79. The maximum Gasteiger partial charge on any atom is 0.344 e. The van der Waals surface area contributed by atoms with Crippen molar-refractivity contribution < 1.29 is 29.1 Å². The molecule has 2 aromatic carbocycles. The van der Waals surface area contributed by atoms with E-state index < -0.39 is 28.2 Å². The van der Waals surface area contributed by atoms with Gasteiger partial charge in [0.25, 0.3) is 5.69 Å². The predicted molar refractivity (Wildman–Crippen MR) is 105 cm³/mol. The second-order valence-corrected chi connectivity index (χ2v) is 6.73. The van der Waals surface area contributed by atoms with E-state index in [0.29, 0.717) is 0 Å². The number of phenols is 1. The number of hydrogen-bond donors (Lipinski definition) is 2. The van der Waals surface area contributed by atoms with Crippen molar-refractivity contribution in [1.82, 2.24) is 0 Å². The molecule has 3 rings (SSSR count). The Labute approximate surface area is 167 Å². The number of methoxy groups -OCH3 is 1. The first-order valence-corrected chi connectivity index (χ1v) is 8.86. The maximum atomic E-state index is 13.6. The highest BCUT2D eigenvalue weighted by atomic mass is 32.2. The van der Waals surface area contributed by atoms with Crippen LogP contribution in [0.3, 0.4) is 0 Å². The van der Waals surface area contributed by atoms with Crippen LogP contribution in [0.15, 0.2) is 63.7 Å². The summed E-state index contributed by atoms with van der Waals surface area (Å²) < 4.78 is 18.2. The number of aliphatic hydroxyl groups is 1. The molecular weight excluding hydrogens is 403 g/mol. The first-order chi connectivity index (χ1) is 13.8. The van der Waals surface area contributed by atoms with Gasteiger partial charge in [-0.3, -0.25) is 10.1 Å². The van der Waals surface area contributed by atoms with Gasteiger partial charge >= 0.3 is 5.97 Å². The zero-order valence-electron chi connectivity index (χ0n) is 14.8. The molecule has 0 fully saturated rings. The van der Waals surface area contributed by atoms with Crippen LogP contribution in [0.1, 0.15) is 5.56 Å². The average Bonchev–Trinajstić information content (AvgIpc) is 3.00. The van der Waals surface area contributed by atoms with Crippen LogP contribution in [0.4, 0.5) is 15.8 Å². The van der Waals surface area contributed by atoms with E-state index in [4.69, 9.17) is 0 Å². The highest BCUT2D eigenvalue weighted by molar-refractivity contribution is 8.18. The lowest BCUT2D eigenvalue weighted by atomic mass is 10.1. The zero-order chi connectivity index (χ0) is 21.1. The van der Waals surface area contributed by atoms with E-state index in [1.807, 2.05) is 0 Å². The molecule has 2 N–H and O–H groups in total. The fourth-order valence-corrected chi connectivity index (χ4v) is 3.50. The van der Waals surface area contributed by atoms with Crippen molar-refractivity contribution in [3.05, 3.63) is 80.2 Å². The van der Waals surface area contributed by atoms with E-state index >= 15 is 0 Å². The lowest BCUT2D eigenvalue weighted by molar-refractivity contribution is -0.384. The van der Waals surface area contributed by atoms with Crippen LogP contribution >= 0.6 is 11.8 Å². The molecule has 0 amide bonds. The van der Waals surface area contributed by atoms with Crippen LogP contribution in [0.2, 0.25) is 0 Å². The number of aromatic hydroxyl groups is 1. The molecule has 0 spiro atoms. The van der Waals surface area contributed by atoms with Gasteiger partial charge in [0, 0.05) is 17.7 Å². The zero-order valence-corrected chi connectivity index (χ0v) is 15.6. The monoisotopic (exact) mass is 416 g/mol. The molecule has 0 unspecified atom stereocenters. The molecular formula is C19H13FN2O6S. The third-order valence-electron chi connectivity index (χ3n) is 3.86. The highest BCUT2D eigenvalue weighted by Gasteiger charge is 2.33. The number of benzene rings is 2. The molecule has 1 heterocycles. The molecule has 29 heavy (non-hydrogen) atoms. The molecule has 0 aromatic heterocycles. The van der Waals surface area contributed by atoms with Gasteiger partial charge in [-0.2, -0.15) is 0 Å². The maximum absolute atomic E-state index is 13.6. The number of aliphatic hydroxyl groups excluding tert-OH is 1. The van der Waals surface area contributed by atoms with E-state index in [-0.39, 0.29) is 32.5 Å². The van der Waals surface area contributed by atoms with Gasteiger partial charge in [-0.25, -0.2) is 14.2 Å². The van der Waals surface area contributed by atoms with Crippen LogP contribution in [0.25, 0.3) is 6.08 Å².